The number of alkyl halides is 2. The fraction of sp³-hybridized carbons (Fsp3) is 0.250. The Kier molecular flexibility index (Phi) is 3.47. The van der Waals surface area contributed by atoms with Gasteiger partial charge in [0.1, 0.15) is 5.75 Å². The zero-order valence-electron chi connectivity index (χ0n) is 19.1. The lowest BCUT2D eigenvalue weighted by molar-refractivity contribution is -0.0497. The van der Waals surface area contributed by atoms with Crippen molar-refractivity contribution in [2.75, 3.05) is 14.1 Å². The molecule has 0 spiro atoms. The number of fused-ring (bicyclic) bond motifs is 1. The van der Waals surface area contributed by atoms with Gasteiger partial charge in [-0.05, 0) is 12.1 Å². The second-order valence-electron chi connectivity index (χ2n) is 4.80. The lowest BCUT2D eigenvalue weighted by Crippen LogP contribution is -2.04. The lowest BCUT2D eigenvalue weighted by atomic mass is 10.3. The molecule has 0 bridgehead atoms. The number of H-pyrrole nitrogens is 1. The molecule has 26 heavy (non-hydrogen) atoms. The Morgan fingerprint density at radius 2 is 2.31 bits per heavy atom. The van der Waals surface area contributed by atoms with E-state index in [2.05, 4.69) is 19.7 Å². The van der Waals surface area contributed by atoms with Gasteiger partial charge in [-0.2, -0.15) is 8.78 Å². The first-order valence-electron chi connectivity index (χ1n) is 9.95. The lowest BCUT2D eigenvalue weighted by Gasteiger charge is -2.10. The van der Waals surface area contributed by atoms with Crippen molar-refractivity contribution in [1.29, 1.82) is 0 Å². The molecule has 0 aliphatic heterocycles. The van der Waals surface area contributed by atoms with Gasteiger partial charge in [-0.25, -0.2) is 4.98 Å². The van der Waals surface area contributed by atoms with Crippen molar-refractivity contribution in [2.45, 2.75) is 17.5 Å². The van der Waals surface area contributed by atoms with Gasteiger partial charge in [0.15, 0.2) is 18.0 Å². The van der Waals surface area contributed by atoms with Crippen LogP contribution in [0.25, 0.3) is 11.0 Å². The maximum atomic E-state index is 12.9. The summed E-state index contributed by atoms with van der Waals surface area (Å²) < 4.78 is 96.4. The summed E-state index contributed by atoms with van der Waals surface area (Å²) >= 11 is 0. The second-order valence-corrected chi connectivity index (χ2v) is 6.16. The molecule has 1 aromatic carbocycles. The molecule has 0 saturated heterocycles. The molecule has 2 heterocycles. The van der Waals surface area contributed by atoms with E-state index in [0.717, 1.165) is 19.2 Å². The molecule has 10 heteroatoms. The summed E-state index contributed by atoms with van der Waals surface area (Å²) in [6.45, 7) is -4.14. The van der Waals surface area contributed by atoms with Crippen LogP contribution in [-0.2, 0) is 16.6 Å². The number of hydrogen-bond donors (Lipinski definition) is 1. The molecule has 1 N–H and O–H groups in total. The molecule has 0 aliphatic carbocycles. The average Bonchev–Trinajstić information content (AvgIpc) is 3.07. The predicted molar refractivity (Wildman–Crippen MR) is 90.2 cm³/mol. The van der Waals surface area contributed by atoms with Crippen molar-refractivity contribution in [1.82, 2.24) is 15.0 Å². The van der Waals surface area contributed by atoms with Crippen LogP contribution in [-0.4, -0.2) is 39.9 Å². The van der Waals surface area contributed by atoms with Crippen molar-refractivity contribution < 1.29 is 35.4 Å². The molecule has 2 aromatic heterocycles. The normalized spacial score (nSPS) is 16.6. The Bertz CT molecular complexity index is 1190. The van der Waals surface area contributed by atoms with Crippen LogP contribution in [0.15, 0.2) is 35.6 Å². The molecule has 1 atom stereocenters. The highest BCUT2D eigenvalue weighted by Gasteiger charge is 2.17. The zero-order chi connectivity index (χ0) is 23.8. The van der Waals surface area contributed by atoms with Crippen LogP contribution in [0.5, 0.6) is 17.2 Å². The molecule has 0 fully saturated rings. The Morgan fingerprint density at radius 1 is 1.46 bits per heavy atom. The minimum absolute atomic E-state index is 0.100. The van der Waals surface area contributed by atoms with E-state index in [1.807, 2.05) is 0 Å². The SMILES string of the molecule is [2H]c1nc(CS(=O)c2nc3ccc(OC([2H])(F)F)cc3[nH]2)c(OC([2H])([2H])[2H])c(OC)c1[2H]. The van der Waals surface area contributed by atoms with Crippen LogP contribution in [0, 0.1) is 0 Å². The minimum Gasteiger partial charge on any atom is -0.493 e. The Morgan fingerprint density at radius 3 is 3.04 bits per heavy atom. The van der Waals surface area contributed by atoms with Gasteiger partial charge < -0.3 is 19.2 Å². The quantitative estimate of drug-likeness (QED) is 0.669. The third kappa shape index (κ3) is 3.74. The zero-order valence-corrected chi connectivity index (χ0v) is 13.9. The number of benzene rings is 1. The minimum atomic E-state index is -4.14. The summed E-state index contributed by atoms with van der Waals surface area (Å²) in [6, 6.07) is 3.11. The molecule has 3 rings (SSSR count). The molecule has 0 saturated carbocycles. The number of ether oxygens (including phenoxy) is 3. The third-order valence-electron chi connectivity index (χ3n) is 3.24. The number of nitrogens with one attached hydrogen (secondary N) is 1. The fourth-order valence-corrected chi connectivity index (χ4v) is 3.15. The topological polar surface area (TPSA) is 86.3 Å². The number of hydrogen-bond acceptors (Lipinski definition) is 6. The average molecular weight is 389 g/mol. The number of imidazole rings is 1. The Labute approximate surface area is 158 Å². The largest absolute Gasteiger partial charge is 0.493 e. The van der Waals surface area contributed by atoms with E-state index in [1.165, 1.54) is 6.07 Å². The summed E-state index contributed by atoms with van der Waals surface area (Å²) in [5.41, 5.74) is 0.249. The van der Waals surface area contributed by atoms with Gasteiger partial charge >= 0.3 is 6.59 Å². The number of aromatic nitrogens is 3. The van der Waals surface area contributed by atoms with Crippen LogP contribution in [0.3, 0.4) is 0 Å². The van der Waals surface area contributed by atoms with Gasteiger partial charge in [0, 0.05) is 18.3 Å². The van der Waals surface area contributed by atoms with Crippen molar-refractivity contribution in [2.24, 2.45) is 0 Å². The maximum Gasteiger partial charge on any atom is 0.387 e. The third-order valence-corrected chi connectivity index (χ3v) is 4.41. The molecule has 7 nitrogen and oxygen atoms in total. The Hall–Kier alpha value is -2.75. The van der Waals surface area contributed by atoms with Crippen LogP contribution >= 0.6 is 0 Å². The molecule has 0 aliphatic rings. The first kappa shape index (κ1) is 11.8. The summed E-state index contributed by atoms with van der Waals surface area (Å²) in [4.78, 5) is 10.6. The van der Waals surface area contributed by atoms with Crippen molar-refractivity contribution >= 4 is 21.8 Å². The van der Waals surface area contributed by atoms with Gasteiger partial charge in [0.25, 0.3) is 0 Å². The molecule has 3 aromatic rings. The highest BCUT2D eigenvalue weighted by molar-refractivity contribution is 7.84. The Balaban J connectivity index is 1.96. The van der Waals surface area contributed by atoms with E-state index in [1.54, 1.807) is 0 Å². The number of nitrogens with zero attached hydrogens (tertiary/aromatic N) is 2. The van der Waals surface area contributed by atoms with Crippen molar-refractivity contribution in [3.05, 3.63) is 36.1 Å². The van der Waals surface area contributed by atoms with Gasteiger partial charge in [0.2, 0.25) is 0 Å². The molecule has 0 radical (unpaired) electrons. The summed E-state index contributed by atoms with van der Waals surface area (Å²) in [7, 11) is -3.76. The number of methoxy groups -OCH3 is 2. The standard InChI is InChI=1S/C16H15F2N3O4S/c1-23-13-5-6-19-12(14(13)24-2)8-26(22)16-20-10-4-3-9(25-15(17)18)7-11(10)21-16/h3-7,15H,8H2,1-2H3,(H,20,21)/i2D3,5D,6D,15D. The van der Waals surface area contributed by atoms with E-state index >= 15 is 0 Å². The molecule has 0 amide bonds. The van der Waals surface area contributed by atoms with Crippen LogP contribution in [0.2, 0.25) is 0 Å². The number of aromatic amines is 1. The van der Waals surface area contributed by atoms with Gasteiger partial charge in [-0.3, -0.25) is 9.19 Å². The first-order chi connectivity index (χ1) is 14.8. The maximum absolute atomic E-state index is 12.9. The van der Waals surface area contributed by atoms with Crippen LogP contribution in [0.1, 0.15) is 13.9 Å². The highest BCUT2D eigenvalue weighted by Crippen LogP contribution is 2.30. The first-order valence-corrected chi connectivity index (χ1v) is 8.27. The fourth-order valence-electron chi connectivity index (χ4n) is 2.15. The van der Waals surface area contributed by atoms with Gasteiger partial charge in [0.05, 0.1) is 54.3 Å². The van der Waals surface area contributed by atoms with E-state index in [4.69, 9.17) is 17.7 Å². The van der Waals surface area contributed by atoms with Crippen molar-refractivity contribution in [3.8, 4) is 17.2 Å². The smallest absolute Gasteiger partial charge is 0.387 e. The highest BCUT2D eigenvalue weighted by atomic mass is 32.2. The molecular weight excluding hydrogens is 368 g/mol. The molecule has 1 unspecified atom stereocenters. The van der Waals surface area contributed by atoms with E-state index in [0.29, 0.717) is 0 Å². The second kappa shape index (κ2) is 7.65. The molecular formula is C16H15F2N3O4S. The summed E-state index contributed by atoms with van der Waals surface area (Å²) in [5.74, 6) is -1.58. The van der Waals surface area contributed by atoms with Gasteiger partial charge in [-0.1, -0.05) is 0 Å². The molecule has 138 valence electrons. The number of halogens is 2. The monoisotopic (exact) mass is 389 g/mol. The van der Waals surface area contributed by atoms with E-state index in [-0.39, 0.29) is 33.4 Å². The summed E-state index contributed by atoms with van der Waals surface area (Å²) in [5, 5.41) is -0.100. The predicted octanol–water partition coefficient (Wildman–Crippen LogP) is 2.88. The number of pyridine rings is 1. The van der Waals surface area contributed by atoms with E-state index in [9.17, 15) is 13.0 Å². The van der Waals surface area contributed by atoms with Crippen molar-refractivity contribution in [3.63, 3.8) is 0 Å². The van der Waals surface area contributed by atoms with Crippen LogP contribution in [0.4, 0.5) is 8.78 Å². The van der Waals surface area contributed by atoms with E-state index < -0.39 is 48.1 Å². The van der Waals surface area contributed by atoms with Gasteiger partial charge in [-0.15, -0.1) is 0 Å². The number of rotatable bonds is 7. The summed E-state index contributed by atoms with van der Waals surface area (Å²) in [6.07, 6.45) is -0.547. The van der Waals surface area contributed by atoms with Crippen LogP contribution < -0.4 is 14.2 Å².